The maximum absolute atomic E-state index is 12.5. The summed E-state index contributed by atoms with van der Waals surface area (Å²) in [7, 11) is -3.29. The molecular formula is C15H19F3N2O3S. The van der Waals surface area contributed by atoms with Crippen molar-refractivity contribution in [2.45, 2.75) is 32.0 Å². The lowest BCUT2D eigenvalue weighted by Crippen LogP contribution is -2.46. The van der Waals surface area contributed by atoms with Crippen LogP contribution in [-0.4, -0.2) is 44.1 Å². The van der Waals surface area contributed by atoms with Crippen LogP contribution >= 0.6 is 0 Å². The summed E-state index contributed by atoms with van der Waals surface area (Å²) in [5, 5.41) is 0. The summed E-state index contributed by atoms with van der Waals surface area (Å²) in [6.45, 7) is 2.26. The number of nitrogens with one attached hydrogen (secondary N) is 1. The Morgan fingerprint density at radius 3 is 2.21 bits per heavy atom. The summed E-state index contributed by atoms with van der Waals surface area (Å²) in [6.07, 6.45) is -3.48. The number of halogens is 3. The molecule has 24 heavy (non-hydrogen) atoms. The maximum Gasteiger partial charge on any atom is 0.416 e. The number of carbonyl (C=O) groups excluding carboxylic acids is 1. The lowest BCUT2D eigenvalue weighted by molar-refractivity contribution is -0.137. The molecule has 1 fully saturated rings. The van der Waals surface area contributed by atoms with E-state index in [1.54, 1.807) is 6.92 Å². The number of hydrogen-bond donors (Lipinski definition) is 1. The maximum atomic E-state index is 12.5. The van der Waals surface area contributed by atoms with Gasteiger partial charge in [0.05, 0.1) is 11.3 Å². The fourth-order valence-corrected chi connectivity index (χ4v) is 3.43. The van der Waals surface area contributed by atoms with Crippen LogP contribution < -0.4 is 4.72 Å². The van der Waals surface area contributed by atoms with Crippen molar-refractivity contribution in [3.8, 4) is 0 Å². The Hall–Kier alpha value is -1.61. The first-order valence-electron chi connectivity index (χ1n) is 7.59. The number of likely N-dealkylation sites (tertiary alicyclic amines) is 1. The molecule has 0 aliphatic carbocycles. The highest BCUT2D eigenvalue weighted by Crippen LogP contribution is 2.29. The molecule has 1 aliphatic rings. The zero-order valence-electron chi connectivity index (χ0n) is 13.1. The highest BCUT2D eigenvalue weighted by molar-refractivity contribution is 7.89. The Morgan fingerprint density at radius 1 is 1.21 bits per heavy atom. The van der Waals surface area contributed by atoms with Crippen molar-refractivity contribution in [3.05, 3.63) is 35.4 Å². The van der Waals surface area contributed by atoms with Crippen LogP contribution in [0.25, 0.3) is 0 Å². The van der Waals surface area contributed by atoms with Crippen molar-refractivity contribution in [1.29, 1.82) is 0 Å². The van der Waals surface area contributed by atoms with Crippen LogP contribution in [0.2, 0.25) is 0 Å². The number of carbonyl (C=O) groups is 1. The number of rotatable bonds is 4. The quantitative estimate of drug-likeness (QED) is 0.891. The highest BCUT2D eigenvalue weighted by Gasteiger charge is 2.31. The van der Waals surface area contributed by atoms with E-state index in [9.17, 15) is 26.4 Å². The van der Waals surface area contributed by atoms with Gasteiger partial charge in [-0.1, -0.05) is 0 Å². The molecule has 0 radical (unpaired) electrons. The summed E-state index contributed by atoms with van der Waals surface area (Å²) >= 11 is 0. The molecule has 0 saturated carbocycles. The first kappa shape index (κ1) is 18.7. The molecule has 1 aliphatic heterocycles. The van der Waals surface area contributed by atoms with Crippen molar-refractivity contribution in [1.82, 2.24) is 9.62 Å². The van der Waals surface area contributed by atoms with Gasteiger partial charge in [0, 0.05) is 24.7 Å². The second-order valence-electron chi connectivity index (χ2n) is 5.66. The van der Waals surface area contributed by atoms with E-state index < -0.39 is 21.8 Å². The van der Waals surface area contributed by atoms with Crippen molar-refractivity contribution in [3.63, 3.8) is 0 Å². The number of amides is 1. The summed E-state index contributed by atoms with van der Waals surface area (Å²) < 4.78 is 63.2. The molecule has 5 nitrogen and oxygen atoms in total. The topological polar surface area (TPSA) is 66.5 Å². The Morgan fingerprint density at radius 2 is 1.75 bits per heavy atom. The molecule has 1 N–H and O–H groups in total. The monoisotopic (exact) mass is 364 g/mol. The van der Waals surface area contributed by atoms with Gasteiger partial charge in [0.15, 0.2) is 0 Å². The Labute approximate surface area is 138 Å². The molecule has 1 amide bonds. The minimum absolute atomic E-state index is 0.00228. The third-order valence-corrected chi connectivity index (χ3v) is 5.42. The van der Waals surface area contributed by atoms with E-state index >= 15 is 0 Å². The number of piperidine rings is 1. The van der Waals surface area contributed by atoms with E-state index in [4.69, 9.17) is 0 Å². The number of alkyl halides is 3. The van der Waals surface area contributed by atoms with Gasteiger partial charge in [-0.05, 0) is 44.0 Å². The van der Waals surface area contributed by atoms with Gasteiger partial charge in [-0.15, -0.1) is 0 Å². The highest BCUT2D eigenvalue weighted by atomic mass is 32.2. The first-order valence-corrected chi connectivity index (χ1v) is 9.24. The van der Waals surface area contributed by atoms with Crippen molar-refractivity contribution < 1.29 is 26.4 Å². The van der Waals surface area contributed by atoms with Crippen LogP contribution in [-0.2, 0) is 16.2 Å². The minimum Gasteiger partial charge on any atom is -0.339 e. The summed E-state index contributed by atoms with van der Waals surface area (Å²) in [4.78, 5) is 13.8. The van der Waals surface area contributed by atoms with Gasteiger partial charge in [0.1, 0.15) is 0 Å². The molecule has 0 spiro atoms. The molecular weight excluding hydrogens is 345 g/mol. The van der Waals surface area contributed by atoms with Crippen LogP contribution in [0.3, 0.4) is 0 Å². The second kappa shape index (κ2) is 7.10. The van der Waals surface area contributed by atoms with Gasteiger partial charge in [0.25, 0.3) is 5.91 Å². The van der Waals surface area contributed by atoms with Crippen LogP contribution in [0.5, 0.6) is 0 Å². The van der Waals surface area contributed by atoms with E-state index in [0.717, 1.165) is 24.3 Å². The van der Waals surface area contributed by atoms with Crippen LogP contribution in [0.15, 0.2) is 24.3 Å². The van der Waals surface area contributed by atoms with Gasteiger partial charge in [-0.2, -0.15) is 13.2 Å². The van der Waals surface area contributed by atoms with Gasteiger partial charge in [-0.3, -0.25) is 4.79 Å². The average Bonchev–Trinajstić information content (AvgIpc) is 2.54. The molecule has 9 heteroatoms. The Balaban J connectivity index is 1.95. The Kier molecular flexibility index (Phi) is 5.54. The number of nitrogens with zero attached hydrogens (tertiary/aromatic N) is 1. The molecule has 1 aromatic carbocycles. The standard InChI is InChI=1S/C15H19F3N2O3S/c1-2-24(22,23)19-13-7-9-20(10-8-13)14(21)11-3-5-12(6-4-11)15(16,17)18/h3-6,13,19H,2,7-10H2,1H3. The van der Waals surface area contributed by atoms with Crippen molar-refractivity contribution >= 4 is 15.9 Å². The zero-order chi connectivity index (χ0) is 18.0. The van der Waals surface area contributed by atoms with E-state index in [1.807, 2.05) is 0 Å². The molecule has 0 atom stereocenters. The summed E-state index contributed by atoms with van der Waals surface area (Å²) in [6, 6.07) is 3.88. The summed E-state index contributed by atoms with van der Waals surface area (Å²) in [5.41, 5.74) is -0.609. The third-order valence-electron chi connectivity index (χ3n) is 3.97. The van der Waals surface area contributed by atoms with Crippen molar-refractivity contribution in [2.75, 3.05) is 18.8 Å². The van der Waals surface area contributed by atoms with Crippen molar-refractivity contribution in [2.24, 2.45) is 0 Å². The molecule has 1 heterocycles. The predicted octanol–water partition coefficient (Wildman–Crippen LogP) is 2.25. The lowest BCUT2D eigenvalue weighted by Gasteiger charge is -2.32. The summed E-state index contributed by atoms with van der Waals surface area (Å²) in [5.74, 6) is -0.349. The Bertz CT molecular complexity index is 679. The number of sulfonamides is 1. The fraction of sp³-hybridized carbons (Fsp3) is 0.533. The average molecular weight is 364 g/mol. The molecule has 0 bridgehead atoms. The smallest absolute Gasteiger partial charge is 0.339 e. The van der Waals surface area contributed by atoms with Gasteiger partial charge in [-0.25, -0.2) is 13.1 Å². The fourth-order valence-electron chi connectivity index (χ4n) is 2.52. The molecule has 134 valence electrons. The molecule has 1 aromatic rings. The molecule has 0 unspecified atom stereocenters. The SMILES string of the molecule is CCS(=O)(=O)NC1CCN(C(=O)c2ccc(C(F)(F)F)cc2)CC1. The number of benzene rings is 1. The normalized spacial score (nSPS) is 17.1. The van der Waals surface area contributed by atoms with Gasteiger partial charge < -0.3 is 4.90 Å². The molecule has 2 rings (SSSR count). The van der Waals surface area contributed by atoms with E-state index in [-0.39, 0.29) is 23.3 Å². The number of hydrogen-bond acceptors (Lipinski definition) is 3. The lowest BCUT2D eigenvalue weighted by atomic mass is 10.0. The van der Waals surface area contributed by atoms with Crippen LogP contribution in [0.1, 0.15) is 35.7 Å². The largest absolute Gasteiger partial charge is 0.416 e. The van der Waals surface area contributed by atoms with E-state index in [0.29, 0.717) is 25.9 Å². The van der Waals surface area contributed by atoms with E-state index in [2.05, 4.69) is 4.72 Å². The third kappa shape index (κ3) is 4.70. The second-order valence-corrected chi connectivity index (χ2v) is 7.71. The predicted molar refractivity (Wildman–Crippen MR) is 83.0 cm³/mol. The van der Waals surface area contributed by atoms with Crippen LogP contribution in [0, 0.1) is 0 Å². The van der Waals surface area contributed by atoms with Crippen LogP contribution in [0.4, 0.5) is 13.2 Å². The van der Waals surface area contributed by atoms with E-state index in [1.165, 1.54) is 4.90 Å². The first-order chi connectivity index (χ1) is 11.1. The minimum atomic E-state index is -4.43. The molecule has 1 saturated heterocycles. The zero-order valence-corrected chi connectivity index (χ0v) is 14.0. The van der Waals surface area contributed by atoms with Gasteiger partial charge in [0.2, 0.25) is 10.0 Å². The molecule has 0 aromatic heterocycles. The van der Waals surface area contributed by atoms with Gasteiger partial charge >= 0.3 is 6.18 Å².